The van der Waals surface area contributed by atoms with E-state index in [1.165, 1.54) is 0 Å². The van der Waals surface area contributed by atoms with Gasteiger partial charge in [0.15, 0.2) is 11.6 Å². The Bertz CT molecular complexity index is 473. The van der Waals surface area contributed by atoms with E-state index in [4.69, 9.17) is 21.1 Å². The fourth-order valence-corrected chi connectivity index (χ4v) is 3.12. The second-order valence-corrected chi connectivity index (χ2v) is 5.68. The van der Waals surface area contributed by atoms with Gasteiger partial charge >= 0.3 is 0 Å². The Labute approximate surface area is 121 Å². The second kappa shape index (κ2) is 5.47. The van der Waals surface area contributed by atoms with Gasteiger partial charge in [-0.3, -0.25) is 0 Å². The van der Waals surface area contributed by atoms with Crippen LogP contribution in [0.25, 0.3) is 0 Å². The third-order valence-corrected chi connectivity index (χ3v) is 4.21. The Kier molecular flexibility index (Phi) is 3.84. The van der Waals surface area contributed by atoms with E-state index in [2.05, 4.69) is 5.32 Å². The molecule has 0 aromatic heterocycles. The van der Waals surface area contributed by atoms with Crippen LogP contribution in [0, 0.1) is 11.6 Å². The molecule has 110 valence electrons. The van der Waals surface area contributed by atoms with Crippen molar-refractivity contribution in [1.82, 2.24) is 0 Å². The summed E-state index contributed by atoms with van der Waals surface area (Å²) in [4.78, 5) is 0. The Morgan fingerprint density at radius 1 is 1.15 bits per heavy atom. The van der Waals surface area contributed by atoms with Gasteiger partial charge < -0.3 is 14.8 Å². The number of benzene rings is 1. The molecule has 1 aliphatic carbocycles. The van der Waals surface area contributed by atoms with Gasteiger partial charge in [0.2, 0.25) is 0 Å². The van der Waals surface area contributed by atoms with Gasteiger partial charge in [-0.25, -0.2) is 8.78 Å². The molecule has 0 atom stereocenters. The van der Waals surface area contributed by atoms with E-state index in [9.17, 15) is 8.78 Å². The molecule has 1 aromatic rings. The highest BCUT2D eigenvalue weighted by Gasteiger charge is 2.40. The van der Waals surface area contributed by atoms with Crippen molar-refractivity contribution < 1.29 is 18.3 Å². The van der Waals surface area contributed by atoms with E-state index in [0.717, 1.165) is 37.8 Å². The predicted octanol–water partition coefficient (Wildman–Crippen LogP) is 3.72. The molecule has 0 radical (unpaired) electrons. The molecule has 0 amide bonds. The topological polar surface area (TPSA) is 30.5 Å². The molecule has 1 spiro atoms. The van der Waals surface area contributed by atoms with E-state index in [1.54, 1.807) is 0 Å². The first-order valence-electron chi connectivity index (χ1n) is 6.77. The van der Waals surface area contributed by atoms with Gasteiger partial charge in [0.05, 0.1) is 23.9 Å². The van der Waals surface area contributed by atoms with Gasteiger partial charge in [-0.1, -0.05) is 11.6 Å². The molecule has 2 fully saturated rings. The lowest BCUT2D eigenvalue weighted by Crippen LogP contribution is -2.39. The van der Waals surface area contributed by atoms with Gasteiger partial charge in [-0.2, -0.15) is 0 Å². The molecule has 1 saturated heterocycles. The fourth-order valence-electron chi connectivity index (χ4n) is 2.87. The maximum absolute atomic E-state index is 13.7. The fraction of sp³-hybridized carbons (Fsp3) is 0.571. The summed E-state index contributed by atoms with van der Waals surface area (Å²) in [6.45, 7) is 1.27. The van der Waals surface area contributed by atoms with Crippen LogP contribution in [0.5, 0.6) is 0 Å². The van der Waals surface area contributed by atoms with Gasteiger partial charge in [-0.15, -0.1) is 0 Å². The number of hydrogen-bond donors (Lipinski definition) is 1. The molecule has 1 aromatic carbocycles. The Morgan fingerprint density at radius 3 is 2.40 bits per heavy atom. The molecule has 1 N–H and O–H groups in total. The summed E-state index contributed by atoms with van der Waals surface area (Å²) in [7, 11) is 0. The first kappa shape index (κ1) is 14.0. The van der Waals surface area contributed by atoms with Crippen LogP contribution in [0.1, 0.15) is 25.7 Å². The van der Waals surface area contributed by atoms with Crippen LogP contribution in [0.4, 0.5) is 14.5 Å². The Balaban J connectivity index is 1.65. The van der Waals surface area contributed by atoms with Crippen LogP contribution >= 0.6 is 11.6 Å². The summed E-state index contributed by atoms with van der Waals surface area (Å²) in [6.07, 6.45) is 3.14. The standard InChI is InChI=1S/C14H16ClF2NO2/c15-11-7-9(16)8-12(17)13(11)18-10-1-3-14(4-2-10)19-5-6-20-14/h7-8,10,18H,1-6H2. The van der Waals surface area contributed by atoms with Crippen LogP contribution in [0.2, 0.25) is 5.02 Å². The maximum atomic E-state index is 13.7. The molecule has 6 heteroatoms. The van der Waals surface area contributed by atoms with Crippen molar-refractivity contribution in [3.05, 3.63) is 28.8 Å². The molecular formula is C14H16ClF2NO2. The molecule has 3 rings (SSSR count). The summed E-state index contributed by atoms with van der Waals surface area (Å²) in [6, 6.07) is 2.04. The van der Waals surface area contributed by atoms with Gasteiger partial charge in [0, 0.05) is 24.9 Å². The Morgan fingerprint density at radius 2 is 1.80 bits per heavy atom. The van der Waals surface area contributed by atoms with Crippen molar-refractivity contribution in [3.63, 3.8) is 0 Å². The number of anilines is 1. The summed E-state index contributed by atoms with van der Waals surface area (Å²) in [5.74, 6) is -1.78. The predicted molar refractivity (Wildman–Crippen MR) is 71.9 cm³/mol. The van der Waals surface area contributed by atoms with Crippen molar-refractivity contribution in [2.75, 3.05) is 18.5 Å². The summed E-state index contributed by atoms with van der Waals surface area (Å²) >= 11 is 5.88. The highest BCUT2D eigenvalue weighted by Crippen LogP contribution is 2.37. The molecule has 3 nitrogen and oxygen atoms in total. The average molecular weight is 304 g/mol. The largest absolute Gasteiger partial charge is 0.379 e. The average Bonchev–Trinajstić information content (AvgIpc) is 2.85. The zero-order valence-corrected chi connectivity index (χ0v) is 11.7. The smallest absolute Gasteiger partial charge is 0.168 e. The van der Waals surface area contributed by atoms with E-state index >= 15 is 0 Å². The van der Waals surface area contributed by atoms with E-state index in [1.807, 2.05) is 0 Å². The van der Waals surface area contributed by atoms with Crippen LogP contribution < -0.4 is 5.32 Å². The second-order valence-electron chi connectivity index (χ2n) is 5.27. The van der Waals surface area contributed by atoms with Crippen molar-refractivity contribution in [2.45, 2.75) is 37.5 Å². The monoisotopic (exact) mass is 303 g/mol. The minimum absolute atomic E-state index is 0.0659. The highest BCUT2D eigenvalue weighted by molar-refractivity contribution is 6.33. The number of ether oxygens (including phenoxy) is 2. The number of rotatable bonds is 2. The van der Waals surface area contributed by atoms with Crippen LogP contribution in [-0.2, 0) is 9.47 Å². The highest BCUT2D eigenvalue weighted by atomic mass is 35.5. The zero-order chi connectivity index (χ0) is 14.2. The lowest BCUT2D eigenvalue weighted by molar-refractivity contribution is -0.177. The summed E-state index contributed by atoms with van der Waals surface area (Å²) in [5, 5.41) is 3.13. The molecular weight excluding hydrogens is 288 g/mol. The van der Waals surface area contributed by atoms with Gasteiger partial charge in [-0.05, 0) is 18.9 Å². The van der Waals surface area contributed by atoms with Gasteiger partial charge in [0.25, 0.3) is 0 Å². The molecule has 2 aliphatic rings. The van der Waals surface area contributed by atoms with Crippen molar-refractivity contribution in [2.24, 2.45) is 0 Å². The minimum Gasteiger partial charge on any atom is -0.379 e. The number of nitrogens with one attached hydrogen (secondary N) is 1. The van der Waals surface area contributed by atoms with E-state index in [0.29, 0.717) is 13.2 Å². The quantitative estimate of drug-likeness (QED) is 0.903. The molecule has 1 saturated carbocycles. The van der Waals surface area contributed by atoms with E-state index in [-0.39, 0.29) is 16.8 Å². The Hall–Kier alpha value is -0.910. The lowest BCUT2D eigenvalue weighted by Gasteiger charge is -2.36. The normalized spacial score (nSPS) is 22.4. The number of hydrogen-bond acceptors (Lipinski definition) is 3. The van der Waals surface area contributed by atoms with Crippen molar-refractivity contribution in [3.8, 4) is 0 Å². The van der Waals surface area contributed by atoms with Crippen LogP contribution in [-0.4, -0.2) is 25.0 Å². The molecule has 1 aliphatic heterocycles. The van der Waals surface area contributed by atoms with Crippen molar-refractivity contribution >= 4 is 17.3 Å². The molecule has 0 unspecified atom stereocenters. The lowest BCUT2D eigenvalue weighted by atomic mass is 9.90. The SMILES string of the molecule is Fc1cc(F)c(NC2CCC3(CC2)OCCO3)c(Cl)c1. The van der Waals surface area contributed by atoms with E-state index < -0.39 is 17.4 Å². The van der Waals surface area contributed by atoms with Crippen molar-refractivity contribution in [1.29, 1.82) is 0 Å². The summed E-state index contributed by atoms with van der Waals surface area (Å²) < 4.78 is 38.0. The first-order chi connectivity index (χ1) is 9.58. The molecule has 20 heavy (non-hydrogen) atoms. The third-order valence-electron chi connectivity index (χ3n) is 3.92. The maximum Gasteiger partial charge on any atom is 0.168 e. The zero-order valence-electron chi connectivity index (χ0n) is 10.9. The molecule has 1 heterocycles. The third kappa shape index (κ3) is 2.75. The summed E-state index contributed by atoms with van der Waals surface area (Å²) in [5.41, 5.74) is 0.169. The number of halogens is 3. The molecule has 0 bridgehead atoms. The van der Waals surface area contributed by atoms with Crippen LogP contribution in [0.15, 0.2) is 12.1 Å². The van der Waals surface area contributed by atoms with Gasteiger partial charge in [0.1, 0.15) is 5.82 Å². The van der Waals surface area contributed by atoms with Crippen LogP contribution in [0.3, 0.4) is 0 Å². The minimum atomic E-state index is -0.673. The first-order valence-corrected chi connectivity index (χ1v) is 7.15.